The lowest BCUT2D eigenvalue weighted by molar-refractivity contribution is -0.117. The number of nitrogens with one attached hydrogen (secondary N) is 1. The fourth-order valence-electron chi connectivity index (χ4n) is 3.78. The molecule has 7 heteroatoms. The molecular formula is C21H26N4O3. The number of amides is 1. The lowest BCUT2D eigenvalue weighted by atomic mass is 10.2. The lowest BCUT2D eigenvalue weighted by Gasteiger charge is -2.22. The molecule has 0 unspecified atom stereocenters. The number of anilines is 1. The lowest BCUT2D eigenvalue weighted by Crippen LogP contribution is -2.38. The zero-order valence-electron chi connectivity index (χ0n) is 16.5. The number of ether oxygens (including phenoxy) is 1. The number of hydrogen-bond donors (Lipinski definition) is 2. The smallest absolute Gasteiger partial charge is 0.239 e. The minimum Gasteiger partial charge on any atom is -0.497 e. The Labute approximate surface area is 165 Å². The second kappa shape index (κ2) is 8.46. The van der Waals surface area contributed by atoms with Crippen molar-refractivity contribution in [3.8, 4) is 17.5 Å². The molecule has 1 saturated heterocycles. The Morgan fingerprint density at radius 2 is 2.07 bits per heavy atom. The zero-order valence-corrected chi connectivity index (χ0v) is 16.5. The molecule has 2 heterocycles. The molecule has 0 saturated carbocycles. The second-order valence-electron chi connectivity index (χ2n) is 7.08. The number of carbonyl (C=O) groups is 1. The van der Waals surface area contributed by atoms with E-state index in [9.17, 15) is 15.2 Å². The van der Waals surface area contributed by atoms with Crippen molar-refractivity contribution in [3.63, 3.8) is 0 Å². The van der Waals surface area contributed by atoms with E-state index in [4.69, 9.17) is 4.74 Å². The summed E-state index contributed by atoms with van der Waals surface area (Å²) in [6.45, 7) is 4.85. The van der Waals surface area contributed by atoms with Gasteiger partial charge in [0.05, 0.1) is 25.8 Å². The standard InChI is InChI=1S/C21H26N4O3/c1-14-15(2)25(16-6-8-18(28-3)9-7-16)21(19(14)11-22)23-20(27)12-24-10-4-5-17(24)13-26/h6-9,17,26H,4-5,10,12-13H2,1-3H3,(H,23,27)/t17-/m0/s1. The average Bonchev–Trinajstić information content (AvgIpc) is 3.24. The van der Waals surface area contributed by atoms with Crippen molar-refractivity contribution < 1.29 is 14.6 Å². The molecule has 0 radical (unpaired) electrons. The number of aromatic nitrogens is 1. The Bertz CT molecular complexity index is 896. The molecule has 3 rings (SSSR count). The third-order valence-electron chi connectivity index (χ3n) is 5.47. The number of aliphatic hydroxyl groups excluding tert-OH is 1. The first-order valence-electron chi connectivity index (χ1n) is 9.41. The summed E-state index contributed by atoms with van der Waals surface area (Å²) in [4.78, 5) is 14.7. The number of methoxy groups -OCH3 is 1. The van der Waals surface area contributed by atoms with Gasteiger partial charge in [-0.2, -0.15) is 5.26 Å². The van der Waals surface area contributed by atoms with Crippen molar-refractivity contribution in [3.05, 3.63) is 41.1 Å². The van der Waals surface area contributed by atoms with Gasteiger partial charge in [-0.25, -0.2) is 0 Å². The van der Waals surface area contributed by atoms with Gasteiger partial charge in [0, 0.05) is 17.4 Å². The van der Waals surface area contributed by atoms with Crippen LogP contribution in [0, 0.1) is 25.2 Å². The van der Waals surface area contributed by atoms with Crippen molar-refractivity contribution in [2.75, 3.05) is 32.1 Å². The minimum atomic E-state index is -0.191. The number of hydrogen-bond acceptors (Lipinski definition) is 5. The van der Waals surface area contributed by atoms with E-state index in [1.54, 1.807) is 7.11 Å². The summed E-state index contributed by atoms with van der Waals surface area (Å²) in [5, 5.41) is 22.1. The van der Waals surface area contributed by atoms with Gasteiger partial charge in [-0.15, -0.1) is 0 Å². The minimum absolute atomic E-state index is 0.0260. The van der Waals surface area contributed by atoms with Gasteiger partial charge in [-0.05, 0) is 63.1 Å². The maximum absolute atomic E-state index is 12.7. The summed E-state index contributed by atoms with van der Waals surface area (Å²) in [6.07, 6.45) is 1.87. The van der Waals surface area contributed by atoms with Crippen molar-refractivity contribution in [2.45, 2.75) is 32.7 Å². The molecule has 148 valence electrons. The first kappa shape index (κ1) is 19.9. The summed E-state index contributed by atoms with van der Waals surface area (Å²) in [6, 6.07) is 9.73. The molecule has 0 bridgehead atoms. The third-order valence-corrected chi connectivity index (χ3v) is 5.47. The normalized spacial score (nSPS) is 16.8. The van der Waals surface area contributed by atoms with Crippen LogP contribution in [0.3, 0.4) is 0 Å². The highest BCUT2D eigenvalue weighted by Crippen LogP contribution is 2.31. The van der Waals surface area contributed by atoms with Gasteiger partial charge in [0.15, 0.2) is 0 Å². The van der Waals surface area contributed by atoms with E-state index in [1.807, 2.05) is 47.6 Å². The van der Waals surface area contributed by atoms with E-state index in [2.05, 4.69) is 11.4 Å². The van der Waals surface area contributed by atoms with Crippen molar-refractivity contribution in [1.29, 1.82) is 5.26 Å². The number of nitrogens with zero attached hydrogens (tertiary/aromatic N) is 3. The highest BCUT2D eigenvalue weighted by Gasteiger charge is 2.27. The predicted octanol–water partition coefficient (Wildman–Crippen LogP) is 2.37. The Kier molecular flexibility index (Phi) is 6.02. The monoisotopic (exact) mass is 382 g/mol. The van der Waals surface area contributed by atoms with Crippen LogP contribution in [0.25, 0.3) is 5.69 Å². The molecule has 7 nitrogen and oxygen atoms in total. The van der Waals surface area contributed by atoms with E-state index < -0.39 is 0 Å². The second-order valence-corrected chi connectivity index (χ2v) is 7.08. The van der Waals surface area contributed by atoms with Gasteiger partial charge in [-0.1, -0.05) is 0 Å². The molecule has 1 aromatic carbocycles. The first-order chi connectivity index (χ1) is 13.5. The highest BCUT2D eigenvalue weighted by atomic mass is 16.5. The Morgan fingerprint density at radius 3 is 2.68 bits per heavy atom. The quantitative estimate of drug-likeness (QED) is 0.800. The van der Waals surface area contributed by atoms with Crippen LogP contribution in [-0.4, -0.2) is 53.3 Å². The van der Waals surface area contributed by atoms with Gasteiger partial charge < -0.3 is 15.2 Å². The summed E-state index contributed by atoms with van der Waals surface area (Å²) in [5.41, 5.74) is 3.03. The molecule has 1 atom stereocenters. The molecule has 28 heavy (non-hydrogen) atoms. The maximum atomic E-state index is 12.7. The van der Waals surface area contributed by atoms with Crippen LogP contribution < -0.4 is 10.1 Å². The van der Waals surface area contributed by atoms with Gasteiger partial charge in [-0.3, -0.25) is 14.3 Å². The third kappa shape index (κ3) is 3.75. The molecule has 1 aromatic heterocycles. The van der Waals surface area contributed by atoms with Crippen molar-refractivity contribution >= 4 is 11.7 Å². The van der Waals surface area contributed by atoms with Crippen LogP contribution in [-0.2, 0) is 4.79 Å². The SMILES string of the molecule is COc1ccc(-n2c(C)c(C)c(C#N)c2NC(=O)CN2CCC[C@H]2CO)cc1. The summed E-state index contributed by atoms with van der Waals surface area (Å²) >= 11 is 0. The van der Waals surface area contributed by atoms with Gasteiger partial charge in [0.2, 0.25) is 5.91 Å². The van der Waals surface area contributed by atoms with E-state index in [1.165, 1.54) is 0 Å². The number of benzene rings is 1. The highest BCUT2D eigenvalue weighted by molar-refractivity contribution is 5.93. The van der Waals surface area contributed by atoms with Gasteiger partial charge >= 0.3 is 0 Å². The van der Waals surface area contributed by atoms with Crippen molar-refractivity contribution in [1.82, 2.24) is 9.47 Å². The topological polar surface area (TPSA) is 90.5 Å². The number of rotatable bonds is 6. The average molecular weight is 382 g/mol. The molecular weight excluding hydrogens is 356 g/mol. The molecule has 1 aliphatic heterocycles. The molecule has 2 N–H and O–H groups in total. The van der Waals surface area contributed by atoms with Crippen LogP contribution >= 0.6 is 0 Å². The van der Waals surface area contributed by atoms with Gasteiger partial charge in [0.25, 0.3) is 0 Å². The largest absolute Gasteiger partial charge is 0.497 e. The van der Waals surface area contributed by atoms with E-state index >= 15 is 0 Å². The summed E-state index contributed by atoms with van der Waals surface area (Å²) in [7, 11) is 1.61. The number of carbonyl (C=O) groups excluding carboxylic acids is 1. The van der Waals surface area contributed by atoms with E-state index in [0.29, 0.717) is 11.4 Å². The maximum Gasteiger partial charge on any atom is 0.239 e. The molecule has 1 amide bonds. The number of aliphatic hydroxyl groups is 1. The van der Waals surface area contributed by atoms with E-state index in [-0.39, 0.29) is 25.1 Å². The number of likely N-dealkylation sites (tertiary alicyclic amines) is 1. The molecule has 1 fully saturated rings. The first-order valence-corrected chi connectivity index (χ1v) is 9.41. The van der Waals surface area contributed by atoms with Crippen LogP contribution in [0.1, 0.15) is 29.7 Å². The van der Waals surface area contributed by atoms with E-state index in [0.717, 1.165) is 42.1 Å². The number of nitriles is 1. The molecule has 2 aromatic rings. The van der Waals surface area contributed by atoms with Gasteiger partial charge in [0.1, 0.15) is 17.6 Å². The Hall–Kier alpha value is -2.82. The van der Waals surface area contributed by atoms with Crippen LogP contribution in [0.15, 0.2) is 24.3 Å². The molecule has 0 spiro atoms. The van der Waals surface area contributed by atoms with Crippen LogP contribution in [0.5, 0.6) is 5.75 Å². The fourth-order valence-corrected chi connectivity index (χ4v) is 3.78. The predicted molar refractivity (Wildman–Crippen MR) is 107 cm³/mol. The zero-order chi connectivity index (χ0) is 20.3. The van der Waals surface area contributed by atoms with Crippen LogP contribution in [0.4, 0.5) is 5.82 Å². The molecule has 1 aliphatic rings. The fraction of sp³-hybridized carbons (Fsp3) is 0.429. The Morgan fingerprint density at radius 1 is 1.36 bits per heavy atom. The summed E-state index contributed by atoms with van der Waals surface area (Å²) < 4.78 is 7.11. The van der Waals surface area contributed by atoms with Crippen molar-refractivity contribution in [2.24, 2.45) is 0 Å². The molecule has 0 aliphatic carbocycles. The Balaban J connectivity index is 1.92. The summed E-state index contributed by atoms with van der Waals surface area (Å²) in [5.74, 6) is 1.02. The van der Waals surface area contributed by atoms with Crippen LogP contribution in [0.2, 0.25) is 0 Å².